The van der Waals surface area contributed by atoms with E-state index in [9.17, 15) is 5.11 Å². The minimum atomic E-state index is -0.179. The van der Waals surface area contributed by atoms with Crippen LogP contribution in [0, 0.1) is 46.3 Å². The lowest BCUT2D eigenvalue weighted by Crippen LogP contribution is -2.51. The monoisotopic (exact) mass is 412 g/mol. The molecule has 0 amide bonds. The summed E-state index contributed by atoms with van der Waals surface area (Å²) in [7, 11) is 0. The highest BCUT2D eigenvalue weighted by atomic mass is 16.3. The highest BCUT2D eigenvalue weighted by Gasteiger charge is 2.59. The molecule has 8 atom stereocenters. The van der Waals surface area contributed by atoms with Crippen LogP contribution in [0.25, 0.3) is 0 Å². The quantitative estimate of drug-likeness (QED) is 0.454. The van der Waals surface area contributed by atoms with Crippen LogP contribution in [0.4, 0.5) is 0 Å². The third-order valence-electron chi connectivity index (χ3n) is 10.8. The molecule has 0 aromatic heterocycles. The molecule has 1 nitrogen and oxygen atoms in total. The molecule has 0 bridgehead atoms. The maximum Gasteiger partial charge on any atom is 0.0724 e. The van der Waals surface area contributed by atoms with Crippen molar-refractivity contribution in [2.45, 2.75) is 112 Å². The Hall–Kier alpha value is -0.560. The lowest BCUT2D eigenvalue weighted by atomic mass is 9.46. The summed E-state index contributed by atoms with van der Waals surface area (Å²) in [6.45, 7) is 14.8. The van der Waals surface area contributed by atoms with E-state index < -0.39 is 0 Å². The topological polar surface area (TPSA) is 20.2 Å². The first-order valence-electron chi connectivity index (χ1n) is 13.3. The first-order chi connectivity index (χ1) is 14.2. The molecule has 0 aromatic rings. The van der Waals surface area contributed by atoms with Crippen molar-refractivity contribution >= 4 is 0 Å². The van der Waals surface area contributed by atoms with Gasteiger partial charge in [0, 0.05) is 0 Å². The van der Waals surface area contributed by atoms with Crippen molar-refractivity contribution in [3.63, 3.8) is 0 Å². The number of aliphatic hydroxyl groups excluding tert-OH is 1. The molecule has 30 heavy (non-hydrogen) atoms. The second kappa shape index (κ2) is 8.42. The first-order valence-corrected chi connectivity index (χ1v) is 13.3. The smallest absolute Gasteiger partial charge is 0.0724 e. The van der Waals surface area contributed by atoms with E-state index in [-0.39, 0.29) is 6.10 Å². The van der Waals surface area contributed by atoms with Gasteiger partial charge in [0.2, 0.25) is 0 Å². The van der Waals surface area contributed by atoms with Gasteiger partial charge < -0.3 is 5.11 Å². The van der Waals surface area contributed by atoms with Crippen molar-refractivity contribution in [1.29, 1.82) is 0 Å². The van der Waals surface area contributed by atoms with Crippen LogP contribution in [0.3, 0.4) is 0 Å². The van der Waals surface area contributed by atoms with Gasteiger partial charge in [-0.25, -0.2) is 0 Å². The van der Waals surface area contributed by atoms with Gasteiger partial charge in [-0.05, 0) is 111 Å². The molecule has 4 aliphatic carbocycles. The van der Waals surface area contributed by atoms with Crippen LogP contribution in [0.1, 0.15) is 106 Å². The summed E-state index contributed by atoms with van der Waals surface area (Å²) in [5.74, 6) is 5.15. The van der Waals surface area contributed by atoms with Crippen LogP contribution < -0.4 is 0 Å². The van der Waals surface area contributed by atoms with Crippen LogP contribution >= 0.6 is 0 Å². The van der Waals surface area contributed by atoms with Crippen LogP contribution in [0.2, 0.25) is 0 Å². The van der Waals surface area contributed by atoms with Crippen molar-refractivity contribution in [3.8, 4) is 0 Å². The Morgan fingerprint density at radius 3 is 2.53 bits per heavy atom. The molecular weight excluding hydrogens is 364 g/mol. The normalized spacial score (nSPS) is 44.9. The Labute approximate surface area is 186 Å². The molecule has 1 N–H and O–H groups in total. The number of rotatable bonds is 5. The SMILES string of the molecule is CC/C(=C/C[C@@H](C)[C@H]1CC[C@H]2[C@@H]3CCC4=C[C@@H](O)CC[C@]4(C)[C@H]3CC[C@]12C)C(C)C. The summed E-state index contributed by atoms with van der Waals surface area (Å²) in [5, 5.41) is 10.2. The average Bonchev–Trinajstić information content (AvgIpc) is 3.06. The van der Waals surface area contributed by atoms with E-state index in [1.54, 1.807) is 11.1 Å². The third-order valence-corrected chi connectivity index (χ3v) is 10.8. The van der Waals surface area contributed by atoms with E-state index >= 15 is 0 Å². The zero-order valence-corrected chi connectivity index (χ0v) is 20.7. The molecule has 4 aliphatic rings. The molecule has 4 rings (SSSR count). The molecule has 3 saturated carbocycles. The van der Waals surface area contributed by atoms with Crippen molar-refractivity contribution in [1.82, 2.24) is 0 Å². The number of aliphatic hydroxyl groups is 1. The van der Waals surface area contributed by atoms with E-state index in [0.29, 0.717) is 16.7 Å². The predicted molar refractivity (Wildman–Crippen MR) is 128 cm³/mol. The van der Waals surface area contributed by atoms with Crippen LogP contribution in [-0.2, 0) is 0 Å². The molecule has 3 fully saturated rings. The molecule has 1 heteroatoms. The maximum absolute atomic E-state index is 10.2. The average molecular weight is 413 g/mol. The molecular formula is C29H48O. The Bertz CT molecular complexity index is 686. The summed E-state index contributed by atoms with van der Waals surface area (Å²) in [5.41, 5.74) is 4.21. The molecule has 0 spiro atoms. The van der Waals surface area contributed by atoms with Gasteiger partial charge in [0.25, 0.3) is 0 Å². The van der Waals surface area contributed by atoms with Gasteiger partial charge in [-0.3, -0.25) is 0 Å². The Morgan fingerprint density at radius 2 is 1.83 bits per heavy atom. The minimum absolute atomic E-state index is 0.179. The summed E-state index contributed by atoms with van der Waals surface area (Å²) in [6.07, 6.45) is 17.8. The van der Waals surface area contributed by atoms with E-state index in [1.807, 2.05) is 0 Å². The number of fused-ring (bicyclic) bond motifs is 5. The number of hydrogen-bond acceptors (Lipinski definition) is 1. The van der Waals surface area contributed by atoms with Crippen molar-refractivity contribution in [2.75, 3.05) is 0 Å². The highest BCUT2D eigenvalue weighted by Crippen LogP contribution is 2.67. The lowest BCUT2D eigenvalue weighted by molar-refractivity contribution is -0.0619. The van der Waals surface area contributed by atoms with Crippen LogP contribution in [0.5, 0.6) is 0 Å². The number of allylic oxidation sites excluding steroid dienone is 3. The van der Waals surface area contributed by atoms with Gasteiger partial charge in [-0.15, -0.1) is 0 Å². The minimum Gasteiger partial charge on any atom is -0.389 e. The van der Waals surface area contributed by atoms with Gasteiger partial charge in [0.15, 0.2) is 0 Å². The Balaban J connectivity index is 1.51. The fraction of sp³-hybridized carbons (Fsp3) is 0.862. The van der Waals surface area contributed by atoms with Gasteiger partial charge >= 0.3 is 0 Å². The van der Waals surface area contributed by atoms with Gasteiger partial charge in [-0.2, -0.15) is 0 Å². The zero-order valence-electron chi connectivity index (χ0n) is 20.7. The van der Waals surface area contributed by atoms with E-state index in [1.165, 1.54) is 57.8 Å². The van der Waals surface area contributed by atoms with Gasteiger partial charge in [-0.1, -0.05) is 64.8 Å². The standard InChI is InChI=1S/C29H48O/c1-7-21(19(2)3)9-8-20(4)25-12-13-26-24-11-10-22-18-23(30)14-16-28(22,5)27(24)15-17-29(25,26)6/h9,18-20,23-27,30H,7-8,10-17H2,1-6H3/b21-9-/t20-,23+,24+,25-,26+,27+,28+,29-/m1/s1. The van der Waals surface area contributed by atoms with Crippen molar-refractivity contribution in [3.05, 3.63) is 23.3 Å². The molecule has 0 unspecified atom stereocenters. The molecule has 0 saturated heterocycles. The van der Waals surface area contributed by atoms with E-state index in [0.717, 1.165) is 36.0 Å². The third kappa shape index (κ3) is 3.66. The predicted octanol–water partition coefficient (Wildman–Crippen LogP) is 7.94. The van der Waals surface area contributed by atoms with Crippen LogP contribution in [-0.4, -0.2) is 11.2 Å². The summed E-state index contributed by atoms with van der Waals surface area (Å²) < 4.78 is 0. The second-order valence-corrected chi connectivity index (χ2v) is 12.4. The fourth-order valence-electron chi connectivity index (χ4n) is 8.98. The van der Waals surface area contributed by atoms with Crippen LogP contribution in [0.15, 0.2) is 23.3 Å². The summed E-state index contributed by atoms with van der Waals surface area (Å²) in [6, 6.07) is 0. The molecule has 0 aliphatic heterocycles. The molecule has 0 radical (unpaired) electrons. The van der Waals surface area contributed by atoms with Crippen molar-refractivity contribution < 1.29 is 5.11 Å². The largest absolute Gasteiger partial charge is 0.389 e. The fourth-order valence-corrected chi connectivity index (χ4v) is 8.98. The summed E-state index contributed by atoms with van der Waals surface area (Å²) in [4.78, 5) is 0. The molecule has 0 aromatic carbocycles. The highest BCUT2D eigenvalue weighted by molar-refractivity contribution is 5.25. The molecule has 0 heterocycles. The number of hydrogen-bond donors (Lipinski definition) is 1. The maximum atomic E-state index is 10.2. The second-order valence-electron chi connectivity index (χ2n) is 12.4. The summed E-state index contributed by atoms with van der Waals surface area (Å²) >= 11 is 0. The lowest BCUT2D eigenvalue weighted by Gasteiger charge is -2.59. The Morgan fingerprint density at radius 1 is 1.07 bits per heavy atom. The van der Waals surface area contributed by atoms with Gasteiger partial charge in [0.05, 0.1) is 6.10 Å². The zero-order chi connectivity index (χ0) is 21.7. The Kier molecular flexibility index (Phi) is 6.35. The van der Waals surface area contributed by atoms with E-state index in [2.05, 4.69) is 53.7 Å². The van der Waals surface area contributed by atoms with Gasteiger partial charge in [0.1, 0.15) is 0 Å². The first kappa shape index (κ1) is 22.6. The van der Waals surface area contributed by atoms with E-state index in [4.69, 9.17) is 0 Å². The molecule has 170 valence electrons. The van der Waals surface area contributed by atoms with Crippen molar-refractivity contribution in [2.24, 2.45) is 46.3 Å².